The number of methoxy groups -OCH3 is 1. The smallest absolute Gasteiger partial charge is 0.118 e. The Morgan fingerprint density at radius 2 is 1.41 bits per heavy atom. The molecule has 2 heteroatoms. The Kier molecular flexibility index (Phi) is 5.01. The number of hydrogen-bond acceptors (Lipinski definition) is 1. The monoisotopic (exact) mass is 314 g/mol. The molecule has 1 nitrogen and oxygen atoms in total. The maximum absolute atomic E-state index is 5.74. The van der Waals surface area contributed by atoms with E-state index in [1.54, 1.807) is 18.3 Å². The summed E-state index contributed by atoms with van der Waals surface area (Å²) in [4.78, 5) is 0. The first-order valence-electron chi connectivity index (χ1n) is 8.43. The van der Waals surface area contributed by atoms with E-state index < -0.39 is 8.07 Å². The Morgan fingerprint density at radius 3 is 1.86 bits per heavy atom. The molecule has 0 heterocycles. The van der Waals surface area contributed by atoms with Gasteiger partial charge in [-0.1, -0.05) is 55.3 Å². The van der Waals surface area contributed by atoms with Crippen LogP contribution in [-0.2, 0) is 0 Å². The topological polar surface area (TPSA) is 9.23 Å². The van der Waals surface area contributed by atoms with Crippen LogP contribution in [0.5, 0.6) is 5.75 Å². The Balaban J connectivity index is 2.70. The van der Waals surface area contributed by atoms with Crippen LogP contribution in [-0.4, -0.2) is 15.2 Å². The first-order chi connectivity index (χ1) is 10.4. The molecular weight excluding hydrogens is 284 g/mol. The zero-order valence-electron chi connectivity index (χ0n) is 15.2. The fraction of sp³-hybridized carbons (Fsp3) is 0.500. The molecule has 1 aliphatic carbocycles. The van der Waals surface area contributed by atoms with E-state index in [0.717, 1.165) is 5.75 Å². The van der Waals surface area contributed by atoms with Gasteiger partial charge >= 0.3 is 0 Å². The van der Waals surface area contributed by atoms with Crippen LogP contribution in [0.1, 0.15) is 41.5 Å². The molecular formula is C20H30OSi. The van der Waals surface area contributed by atoms with E-state index in [0.29, 0.717) is 5.54 Å². The zero-order chi connectivity index (χ0) is 16.5. The minimum atomic E-state index is -1.70. The number of benzene rings is 1. The van der Waals surface area contributed by atoms with Crippen molar-refractivity contribution in [2.24, 2.45) is 0 Å². The third kappa shape index (κ3) is 2.38. The molecule has 0 fully saturated rings. The molecule has 0 aliphatic heterocycles. The zero-order valence-corrected chi connectivity index (χ0v) is 16.2. The minimum Gasteiger partial charge on any atom is -0.497 e. The van der Waals surface area contributed by atoms with E-state index in [1.165, 1.54) is 28.4 Å². The molecule has 0 amide bonds. The van der Waals surface area contributed by atoms with E-state index in [4.69, 9.17) is 4.74 Å². The van der Waals surface area contributed by atoms with Crippen LogP contribution in [0.15, 0.2) is 46.6 Å². The SMILES string of the molecule is CC[Si](CC)(c1ccccc1OC)C1C(C)=C(C)C(C)=C1C. The van der Waals surface area contributed by atoms with Crippen LogP contribution in [0.3, 0.4) is 0 Å². The third-order valence-corrected chi connectivity index (χ3v) is 12.0. The highest BCUT2D eigenvalue weighted by Gasteiger charge is 2.45. The summed E-state index contributed by atoms with van der Waals surface area (Å²) in [5, 5.41) is 1.49. The molecule has 0 saturated carbocycles. The van der Waals surface area contributed by atoms with Crippen LogP contribution in [0.25, 0.3) is 0 Å². The van der Waals surface area contributed by atoms with Crippen molar-refractivity contribution >= 4 is 13.3 Å². The summed E-state index contributed by atoms with van der Waals surface area (Å²) in [5.41, 5.74) is 6.83. The second-order valence-corrected chi connectivity index (χ2v) is 11.5. The van der Waals surface area contributed by atoms with Gasteiger partial charge in [0.15, 0.2) is 0 Å². The number of ether oxygens (including phenoxy) is 1. The first-order valence-corrected chi connectivity index (χ1v) is 10.9. The molecule has 2 rings (SSSR count). The normalized spacial score (nSPS) is 16.7. The van der Waals surface area contributed by atoms with Gasteiger partial charge in [-0.25, -0.2) is 0 Å². The summed E-state index contributed by atoms with van der Waals surface area (Å²) in [6.45, 7) is 14.0. The van der Waals surface area contributed by atoms with Gasteiger partial charge in [-0.15, -0.1) is 0 Å². The molecule has 1 aromatic rings. The lowest BCUT2D eigenvalue weighted by Crippen LogP contribution is -2.51. The number of para-hydroxylation sites is 1. The molecule has 1 aromatic carbocycles. The molecule has 0 atom stereocenters. The Hall–Kier alpha value is -1.28. The lowest BCUT2D eigenvalue weighted by Gasteiger charge is -2.39. The van der Waals surface area contributed by atoms with Crippen molar-refractivity contribution in [2.75, 3.05) is 7.11 Å². The standard InChI is InChI=1S/C20H30OSi/c1-8-22(9-2,19-13-11-10-12-18(19)21-7)20-16(5)14(3)15(4)17(20)6/h10-13,20H,8-9H2,1-7H3. The van der Waals surface area contributed by atoms with Gasteiger partial charge in [0, 0.05) is 5.54 Å². The van der Waals surface area contributed by atoms with Crippen molar-refractivity contribution in [3.05, 3.63) is 46.6 Å². The van der Waals surface area contributed by atoms with Gasteiger partial charge in [0.25, 0.3) is 0 Å². The van der Waals surface area contributed by atoms with Crippen molar-refractivity contribution in [3.63, 3.8) is 0 Å². The van der Waals surface area contributed by atoms with E-state index >= 15 is 0 Å². The molecule has 0 radical (unpaired) electrons. The van der Waals surface area contributed by atoms with E-state index in [1.807, 2.05) is 0 Å². The number of hydrogen-bond donors (Lipinski definition) is 0. The minimum absolute atomic E-state index is 0.624. The van der Waals surface area contributed by atoms with Gasteiger partial charge in [0.05, 0.1) is 7.11 Å². The van der Waals surface area contributed by atoms with E-state index in [2.05, 4.69) is 65.8 Å². The summed E-state index contributed by atoms with van der Waals surface area (Å²) in [6.07, 6.45) is 0. The Morgan fingerprint density at radius 1 is 0.909 bits per heavy atom. The first kappa shape index (κ1) is 17.1. The molecule has 0 unspecified atom stereocenters. The molecule has 0 aromatic heterocycles. The number of allylic oxidation sites excluding steroid dienone is 4. The Labute approximate surface area is 137 Å². The van der Waals surface area contributed by atoms with Crippen LogP contribution in [0.2, 0.25) is 17.6 Å². The second-order valence-electron chi connectivity index (χ2n) is 6.61. The number of rotatable bonds is 5. The van der Waals surface area contributed by atoms with Gasteiger partial charge in [-0.3, -0.25) is 0 Å². The van der Waals surface area contributed by atoms with Gasteiger partial charge in [-0.05, 0) is 50.1 Å². The summed E-state index contributed by atoms with van der Waals surface area (Å²) in [7, 11) is 0.103. The second kappa shape index (κ2) is 6.45. The predicted octanol–water partition coefficient (Wildman–Crippen LogP) is 5.45. The summed E-state index contributed by atoms with van der Waals surface area (Å²) in [5.74, 6) is 1.08. The lowest BCUT2D eigenvalue weighted by atomic mass is 10.1. The lowest BCUT2D eigenvalue weighted by molar-refractivity contribution is 0.417. The van der Waals surface area contributed by atoms with Crippen molar-refractivity contribution < 1.29 is 4.74 Å². The molecule has 0 spiro atoms. The maximum atomic E-state index is 5.74. The molecule has 0 saturated heterocycles. The predicted molar refractivity (Wildman–Crippen MR) is 99.8 cm³/mol. The molecule has 22 heavy (non-hydrogen) atoms. The van der Waals surface area contributed by atoms with Crippen LogP contribution in [0, 0.1) is 0 Å². The quantitative estimate of drug-likeness (QED) is 0.657. The molecule has 0 bridgehead atoms. The molecule has 120 valence electrons. The summed E-state index contributed by atoms with van der Waals surface area (Å²) >= 11 is 0. The molecule has 1 aliphatic rings. The third-order valence-electron chi connectivity index (χ3n) is 6.07. The van der Waals surface area contributed by atoms with Gasteiger partial charge < -0.3 is 4.74 Å². The summed E-state index contributed by atoms with van der Waals surface area (Å²) in [6, 6.07) is 11.2. The van der Waals surface area contributed by atoms with Crippen LogP contribution >= 0.6 is 0 Å². The fourth-order valence-electron chi connectivity index (χ4n) is 4.43. The fourth-order valence-corrected chi connectivity index (χ4v) is 10.0. The highest BCUT2D eigenvalue weighted by Crippen LogP contribution is 2.49. The van der Waals surface area contributed by atoms with Crippen molar-refractivity contribution in [3.8, 4) is 5.75 Å². The Bertz CT molecular complexity index is 596. The highest BCUT2D eigenvalue weighted by molar-refractivity contribution is 6.94. The maximum Gasteiger partial charge on any atom is 0.118 e. The van der Waals surface area contributed by atoms with Crippen LogP contribution in [0.4, 0.5) is 0 Å². The van der Waals surface area contributed by atoms with Crippen molar-refractivity contribution in [2.45, 2.75) is 59.2 Å². The van der Waals surface area contributed by atoms with E-state index in [-0.39, 0.29) is 0 Å². The average molecular weight is 315 g/mol. The van der Waals surface area contributed by atoms with Gasteiger partial charge in [0.1, 0.15) is 13.8 Å². The van der Waals surface area contributed by atoms with E-state index in [9.17, 15) is 0 Å². The van der Waals surface area contributed by atoms with Crippen molar-refractivity contribution in [1.29, 1.82) is 0 Å². The average Bonchev–Trinajstić information content (AvgIpc) is 2.75. The highest BCUT2D eigenvalue weighted by atomic mass is 28.3. The van der Waals surface area contributed by atoms with Gasteiger partial charge in [0.2, 0.25) is 0 Å². The van der Waals surface area contributed by atoms with Crippen LogP contribution < -0.4 is 9.92 Å². The van der Waals surface area contributed by atoms with Gasteiger partial charge in [-0.2, -0.15) is 0 Å². The largest absolute Gasteiger partial charge is 0.497 e. The van der Waals surface area contributed by atoms with Crippen molar-refractivity contribution in [1.82, 2.24) is 0 Å². The summed E-state index contributed by atoms with van der Waals surface area (Å²) < 4.78 is 5.74. The molecule has 0 N–H and O–H groups in total.